The second-order valence-corrected chi connectivity index (χ2v) is 11.2. The Kier molecular flexibility index (Phi) is 8.11. The maximum absolute atomic E-state index is 16.1. The Morgan fingerprint density at radius 1 is 1.11 bits per heavy atom. The molecule has 2 atom stereocenters. The van der Waals surface area contributed by atoms with Gasteiger partial charge in [0.2, 0.25) is 11.8 Å². The standard InChI is InChI=1S/C32H32F2N6O5/c1-39-14-17(15-40(2)32(39)43)30(42)37-22-9-5-7-20(29(22)34)19-6-4-8-21(28(19)33)23-12-25-27(31(38-23)44-3)24(16-45-25)35-13-18-10-11-26(41)36-18/h4-9,12,14,18,24,35H,10-11,13,15-16H2,1-3H3,(H,36,41)(H,37,42)/t18-,24-/m0/s1. The van der Waals surface area contributed by atoms with E-state index in [2.05, 4.69) is 20.9 Å². The zero-order valence-electron chi connectivity index (χ0n) is 24.9. The monoisotopic (exact) mass is 618 g/mol. The molecule has 1 fully saturated rings. The summed E-state index contributed by atoms with van der Waals surface area (Å²) in [7, 11) is 4.55. The van der Waals surface area contributed by atoms with E-state index in [1.165, 1.54) is 60.5 Å². The highest BCUT2D eigenvalue weighted by Gasteiger charge is 2.32. The molecule has 4 heterocycles. The summed E-state index contributed by atoms with van der Waals surface area (Å²) in [6, 6.07) is 10.1. The van der Waals surface area contributed by atoms with E-state index in [-0.39, 0.29) is 70.1 Å². The number of rotatable bonds is 8. The highest BCUT2D eigenvalue weighted by atomic mass is 19.1. The zero-order valence-corrected chi connectivity index (χ0v) is 24.9. The average Bonchev–Trinajstić information content (AvgIpc) is 3.64. The number of fused-ring (bicyclic) bond motifs is 1. The van der Waals surface area contributed by atoms with Crippen LogP contribution < -0.4 is 25.4 Å². The lowest BCUT2D eigenvalue weighted by Gasteiger charge is -2.28. The third kappa shape index (κ3) is 5.78. The SMILES string of the molecule is COc1nc(-c2cccc(-c3cccc(NC(=O)C4=CN(C)C(=O)N(C)C4)c3F)c2F)cc2c1[C@@H](NC[C@@H]1CCC(=O)N1)CO2. The molecular weight excluding hydrogens is 586 g/mol. The minimum absolute atomic E-state index is 0.0246. The number of likely N-dealkylation sites (N-methyl/N-ethyl adjacent to an activating group) is 1. The summed E-state index contributed by atoms with van der Waals surface area (Å²) in [4.78, 5) is 43.7. The van der Waals surface area contributed by atoms with Crippen molar-refractivity contribution in [3.63, 3.8) is 0 Å². The number of hydrogen-bond acceptors (Lipinski definition) is 7. The number of halogens is 2. The van der Waals surface area contributed by atoms with E-state index in [4.69, 9.17) is 9.47 Å². The predicted molar refractivity (Wildman–Crippen MR) is 161 cm³/mol. The summed E-state index contributed by atoms with van der Waals surface area (Å²) in [6.45, 7) is 0.921. The first kappa shape index (κ1) is 30.0. The first-order valence-electron chi connectivity index (χ1n) is 14.5. The first-order chi connectivity index (χ1) is 21.6. The lowest BCUT2D eigenvalue weighted by atomic mass is 9.98. The van der Waals surface area contributed by atoms with E-state index in [1.54, 1.807) is 19.2 Å². The van der Waals surface area contributed by atoms with Crippen molar-refractivity contribution in [1.82, 2.24) is 25.4 Å². The van der Waals surface area contributed by atoms with Gasteiger partial charge in [-0.3, -0.25) is 9.59 Å². The number of hydrogen-bond donors (Lipinski definition) is 3. The fourth-order valence-electron chi connectivity index (χ4n) is 5.80. The number of methoxy groups -OCH3 is 1. The quantitative estimate of drug-likeness (QED) is 0.351. The maximum atomic E-state index is 16.1. The number of benzene rings is 2. The molecule has 6 rings (SSSR count). The lowest BCUT2D eigenvalue weighted by Crippen LogP contribution is -2.43. The average molecular weight is 619 g/mol. The van der Waals surface area contributed by atoms with Crippen molar-refractivity contribution in [3.8, 4) is 34.0 Å². The van der Waals surface area contributed by atoms with E-state index >= 15 is 8.78 Å². The fraction of sp³-hybridized carbons (Fsp3) is 0.312. The zero-order chi connectivity index (χ0) is 31.8. The summed E-state index contributed by atoms with van der Waals surface area (Å²) in [5.74, 6) is -1.32. The van der Waals surface area contributed by atoms with E-state index in [1.807, 2.05) is 0 Å². The van der Waals surface area contributed by atoms with Gasteiger partial charge in [-0.25, -0.2) is 18.6 Å². The largest absolute Gasteiger partial charge is 0.491 e. The molecular formula is C32H32F2N6O5. The molecule has 4 amide bonds. The second kappa shape index (κ2) is 12.2. The number of carbonyl (C=O) groups excluding carboxylic acids is 3. The van der Waals surface area contributed by atoms with Gasteiger partial charge in [-0.15, -0.1) is 0 Å². The van der Waals surface area contributed by atoms with Crippen LogP contribution in [0, 0.1) is 11.6 Å². The van der Waals surface area contributed by atoms with Gasteiger partial charge in [0.25, 0.3) is 5.91 Å². The molecule has 45 heavy (non-hydrogen) atoms. The molecule has 0 spiro atoms. The van der Waals surface area contributed by atoms with Gasteiger partial charge in [0, 0.05) is 62.1 Å². The maximum Gasteiger partial charge on any atom is 0.323 e. The molecule has 3 aliphatic heterocycles. The molecule has 234 valence electrons. The molecule has 13 heteroatoms. The number of nitrogens with zero attached hydrogens (tertiary/aromatic N) is 3. The molecule has 11 nitrogen and oxygen atoms in total. The molecule has 1 aromatic heterocycles. The van der Waals surface area contributed by atoms with Gasteiger partial charge in [0.15, 0.2) is 5.82 Å². The van der Waals surface area contributed by atoms with Gasteiger partial charge >= 0.3 is 6.03 Å². The number of amides is 4. The number of anilines is 1. The Morgan fingerprint density at radius 2 is 1.84 bits per heavy atom. The topological polar surface area (TPSA) is 125 Å². The van der Waals surface area contributed by atoms with Crippen molar-refractivity contribution in [3.05, 3.63) is 71.4 Å². The Balaban J connectivity index is 1.26. The van der Waals surface area contributed by atoms with Crippen molar-refractivity contribution in [2.45, 2.75) is 24.9 Å². The molecule has 3 N–H and O–H groups in total. The molecule has 0 saturated carbocycles. The number of aromatic nitrogens is 1. The van der Waals surface area contributed by atoms with Crippen LogP contribution in [0.1, 0.15) is 24.4 Å². The minimum Gasteiger partial charge on any atom is -0.491 e. The molecule has 0 radical (unpaired) electrons. The highest BCUT2D eigenvalue weighted by Crippen LogP contribution is 2.42. The molecule has 1 saturated heterocycles. The van der Waals surface area contributed by atoms with Crippen LogP contribution >= 0.6 is 0 Å². The van der Waals surface area contributed by atoms with Crippen LogP contribution in [0.3, 0.4) is 0 Å². The van der Waals surface area contributed by atoms with Crippen LogP contribution in [0.2, 0.25) is 0 Å². The molecule has 3 aromatic rings. The van der Waals surface area contributed by atoms with Gasteiger partial charge in [-0.05, 0) is 18.6 Å². The Labute approximate surface area is 258 Å². The predicted octanol–water partition coefficient (Wildman–Crippen LogP) is 3.82. The van der Waals surface area contributed by atoms with Crippen LogP contribution in [0.15, 0.2) is 54.2 Å². The lowest BCUT2D eigenvalue weighted by molar-refractivity contribution is -0.119. The Hall–Kier alpha value is -5.04. The third-order valence-corrected chi connectivity index (χ3v) is 8.12. The summed E-state index contributed by atoms with van der Waals surface area (Å²) in [6.07, 6.45) is 2.65. The minimum atomic E-state index is -0.814. The van der Waals surface area contributed by atoms with Crippen molar-refractivity contribution >= 4 is 23.5 Å². The van der Waals surface area contributed by atoms with Crippen LogP contribution in [0.4, 0.5) is 19.3 Å². The number of carbonyl (C=O) groups is 3. The second-order valence-electron chi connectivity index (χ2n) is 11.2. The third-order valence-electron chi connectivity index (χ3n) is 8.12. The van der Waals surface area contributed by atoms with Gasteiger partial charge in [-0.2, -0.15) is 0 Å². The van der Waals surface area contributed by atoms with Crippen LogP contribution in [0.25, 0.3) is 22.4 Å². The van der Waals surface area contributed by atoms with Crippen LogP contribution in [-0.2, 0) is 9.59 Å². The van der Waals surface area contributed by atoms with Gasteiger partial charge in [0.1, 0.15) is 18.2 Å². The first-order valence-corrected chi connectivity index (χ1v) is 14.5. The Morgan fingerprint density at radius 3 is 2.56 bits per heavy atom. The van der Waals surface area contributed by atoms with E-state index in [0.717, 1.165) is 6.42 Å². The highest BCUT2D eigenvalue weighted by molar-refractivity contribution is 6.05. The van der Waals surface area contributed by atoms with E-state index < -0.39 is 17.5 Å². The number of urea groups is 1. The Bertz CT molecular complexity index is 1730. The van der Waals surface area contributed by atoms with E-state index in [0.29, 0.717) is 30.9 Å². The molecule has 0 bridgehead atoms. The summed E-state index contributed by atoms with van der Waals surface area (Å²) < 4.78 is 43.5. The van der Waals surface area contributed by atoms with Gasteiger partial charge in [0.05, 0.1) is 42.2 Å². The number of pyridine rings is 1. The van der Waals surface area contributed by atoms with Crippen molar-refractivity contribution < 1.29 is 32.6 Å². The summed E-state index contributed by atoms with van der Waals surface area (Å²) >= 11 is 0. The van der Waals surface area contributed by atoms with Gasteiger partial charge in [-0.1, -0.05) is 24.3 Å². The van der Waals surface area contributed by atoms with Crippen molar-refractivity contribution in [1.29, 1.82) is 0 Å². The smallest absolute Gasteiger partial charge is 0.323 e. The normalized spacial score (nSPS) is 19.2. The summed E-state index contributed by atoms with van der Waals surface area (Å²) in [5, 5.41) is 8.87. The van der Waals surface area contributed by atoms with E-state index in [9.17, 15) is 14.4 Å². The molecule has 2 aromatic carbocycles. The van der Waals surface area contributed by atoms with Gasteiger partial charge < -0.3 is 35.2 Å². The molecule has 0 aliphatic carbocycles. The number of ether oxygens (including phenoxy) is 2. The molecule has 3 aliphatic rings. The van der Waals surface area contributed by atoms with Crippen molar-refractivity contribution in [2.75, 3.05) is 46.2 Å². The van der Waals surface area contributed by atoms with Crippen molar-refractivity contribution in [2.24, 2.45) is 0 Å². The number of nitrogens with one attached hydrogen (secondary N) is 3. The fourth-order valence-corrected chi connectivity index (χ4v) is 5.80. The molecule has 0 unspecified atom stereocenters. The summed E-state index contributed by atoms with van der Waals surface area (Å²) in [5.41, 5.74) is 1.10. The van der Waals surface area contributed by atoms with Crippen LogP contribution in [0.5, 0.6) is 11.6 Å². The van der Waals surface area contributed by atoms with Crippen LogP contribution in [-0.4, -0.2) is 79.6 Å².